The summed E-state index contributed by atoms with van der Waals surface area (Å²) >= 11 is 0. The maximum Gasteiger partial charge on any atom is 0.0794 e. The molecule has 0 saturated carbocycles. The van der Waals surface area contributed by atoms with E-state index in [-0.39, 0.29) is 0 Å². The van der Waals surface area contributed by atoms with Crippen LogP contribution in [0.25, 0.3) is 55.2 Å². The zero-order valence-electron chi connectivity index (χ0n) is 15.0. The molecule has 0 radical (unpaired) electrons. The number of nitrogens with zero attached hydrogens (tertiary/aromatic N) is 1. The van der Waals surface area contributed by atoms with Crippen molar-refractivity contribution in [2.75, 3.05) is 0 Å². The largest absolute Gasteiger partial charge is 0.247 e. The van der Waals surface area contributed by atoms with Gasteiger partial charge in [0.05, 0.1) is 11.4 Å². The summed E-state index contributed by atoms with van der Waals surface area (Å²) in [6.45, 7) is 2.17. The van der Waals surface area contributed by atoms with Crippen LogP contribution in [0.15, 0.2) is 84.9 Å². The number of aryl methyl sites for hydroxylation is 1. The summed E-state index contributed by atoms with van der Waals surface area (Å²) in [6, 6.07) is 30.5. The van der Waals surface area contributed by atoms with Crippen LogP contribution in [-0.2, 0) is 0 Å². The molecule has 0 N–H and O–H groups in total. The topological polar surface area (TPSA) is 12.9 Å². The van der Waals surface area contributed by atoms with Gasteiger partial charge in [-0.3, -0.25) is 0 Å². The van der Waals surface area contributed by atoms with Crippen LogP contribution in [0.3, 0.4) is 0 Å². The molecule has 0 spiro atoms. The average Bonchev–Trinajstić information content (AvgIpc) is 3.03. The van der Waals surface area contributed by atoms with Crippen molar-refractivity contribution in [1.29, 1.82) is 0 Å². The van der Waals surface area contributed by atoms with Gasteiger partial charge in [-0.25, -0.2) is 4.98 Å². The molecule has 1 heteroatoms. The summed E-state index contributed by atoms with van der Waals surface area (Å²) in [7, 11) is 0. The van der Waals surface area contributed by atoms with Gasteiger partial charge in [0.25, 0.3) is 0 Å². The second-order valence-electron chi connectivity index (χ2n) is 7.32. The Morgan fingerprint density at radius 2 is 1.26 bits per heavy atom. The highest BCUT2D eigenvalue weighted by Gasteiger charge is 2.22. The third-order valence-corrected chi connectivity index (χ3v) is 5.71. The molecular formula is C26H17N. The lowest BCUT2D eigenvalue weighted by Crippen LogP contribution is -1.91. The van der Waals surface area contributed by atoms with Gasteiger partial charge in [-0.05, 0) is 57.8 Å². The Morgan fingerprint density at radius 3 is 2.07 bits per heavy atom. The minimum atomic E-state index is 1.04. The summed E-state index contributed by atoms with van der Waals surface area (Å²) in [5.74, 6) is 0. The maximum atomic E-state index is 5.13. The van der Waals surface area contributed by atoms with Crippen LogP contribution in [0.2, 0.25) is 0 Å². The van der Waals surface area contributed by atoms with E-state index in [1.165, 1.54) is 49.4 Å². The van der Waals surface area contributed by atoms with E-state index in [4.69, 9.17) is 4.98 Å². The predicted octanol–water partition coefficient (Wildman–Crippen LogP) is 7.01. The van der Waals surface area contributed by atoms with E-state index in [2.05, 4.69) is 91.9 Å². The van der Waals surface area contributed by atoms with Crippen molar-refractivity contribution in [3.63, 3.8) is 0 Å². The second-order valence-corrected chi connectivity index (χ2v) is 7.32. The first-order valence-corrected chi connectivity index (χ1v) is 9.33. The second kappa shape index (κ2) is 5.28. The summed E-state index contributed by atoms with van der Waals surface area (Å²) in [5.41, 5.74) is 8.40. The van der Waals surface area contributed by atoms with Crippen molar-refractivity contribution in [3.05, 3.63) is 90.5 Å². The molecule has 0 fully saturated rings. The number of hydrogen-bond donors (Lipinski definition) is 0. The molecule has 1 aliphatic rings. The number of hydrogen-bond acceptors (Lipinski definition) is 1. The monoisotopic (exact) mass is 343 g/mol. The molecule has 0 saturated heterocycles. The fraction of sp³-hybridized carbons (Fsp3) is 0.0385. The Labute approximate surface area is 157 Å². The van der Waals surface area contributed by atoms with Crippen molar-refractivity contribution in [1.82, 2.24) is 4.98 Å². The Hall–Kier alpha value is -3.45. The molecule has 1 aliphatic carbocycles. The molecule has 1 aromatic heterocycles. The summed E-state index contributed by atoms with van der Waals surface area (Å²) in [5, 5.41) is 5.14. The van der Waals surface area contributed by atoms with Crippen molar-refractivity contribution >= 4 is 21.5 Å². The SMILES string of the molecule is Cc1cc2ccccc2cc1-c1ccc2c(n1)-c1cccc3cccc-2c13. The third-order valence-electron chi connectivity index (χ3n) is 5.71. The number of rotatable bonds is 1. The third kappa shape index (κ3) is 2.03. The van der Waals surface area contributed by atoms with Gasteiger partial charge >= 0.3 is 0 Å². The molecule has 6 rings (SSSR count). The minimum Gasteiger partial charge on any atom is -0.247 e. The number of fused-ring (bicyclic) bond motifs is 4. The summed E-state index contributed by atoms with van der Waals surface area (Å²) in [4.78, 5) is 5.13. The molecule has 0 atom stereocenters. The fourth-order valence-corrected chi connectivity index (χ4v) is 4.42. The van der Waals surface area contributed by atoms with E-state index in [9.17, 15) is 0 Å². The van der Waals surface area contributed by atoms with Crippen LogP contribution in [-0.4, -0.2) is 4.98 Å². The maximum absolute atomic E-state index is 5.13. The standard InChI is InChI=1S/C26H17N/c1-16-14-18-6-2-3-7-19(18)15-23(16)24-13-12-21-20-10-4-8-17-9-5-11-22(25(17)20)26(21)27-24/h2-15H,1H3. The molecule has 4 aromatic carbocycles. The van der Waals surface area contributed by atoms with Gasteiger partial charge in [0.15, 0.2) is 0 Å². The average molecular weight is 343 g/mol. The highest BCUT2D eigenvalue weighted by Crippen LogP contribution is 2.46. The van der Waals surface area contributed by atoms with Crippen LogP contribution >= 0.6 is 0 Å². The molecular weight excluding hydrogens is 326 g/mol. The van der Waals surface area contributed by atoms with E-state index in [1.54, 1.807) is 0 Å². The zero-order valence-corrected chi connectivity index (χ0v) is 15.0. The van der Waals surface area contributed by atoms with E-state index in [1.807, 2.05) is 0 Å². The smallest absolute Gasteiger partial charge is 0.0794 e. The molecule has 0 amide bonds. The lowest BCUT2D eigenvalue weighted by molar-refractivity contribution is 1.32. The quantitative estimate of drug-likeness (QED) is 0.313. The molecule has 0 aliphatic heterocycles. The normalized spacial score (nSPS) is 11.9. The van der Waals surface area contributed by atoms with Gasteiger partial charge in [-0.1, -0.05) is 66.7 Å². The van der Waals surface area contributed by atoms with Crippen LogP contribution in [0.1, 0.15) is 5.56 Å². The highest BCUT2D eigenvalue weighted by atomic mass is 14.7. The first-order valence-electron chi connectivity index (χ1n) is 9.33. The first kappa shape index (κ1) is 14.7. The van der Waals surface area contributed by atoms with Crippen LogP contribution in [0.5, 0.6) is 0 Å². The van der Waals surface area contributed by atoms with Crippen molar-refractivity contribution in [2.45, 2.75) is 6.92 Å². The molecule has 126 valence electrons. The van der Waals surface area contributed by atoms with Gasteiger partial charge in [0.2, 0.25) is 0 Å². The Bertz CT molecular complexity index is 1370. The predicted molar refractivity (Wildman–Crippen MR) is 114 cm³/mol. The van der Waals surface area contributed by atoms with Gasteiger partial charge in [0, 0.05) is 16.7 Å². The van der Waals surface area contributed by atoms with Crippen molar-refractivity contribution < 1.29 is 0 Å². The molecule has 0 bridgehead atoms. The number of benzene rings is 4. The van der Waals surface area contributed by atoms with E-state index < -0.39 is 0 Å². The van der Waals surface area contributed by atoms with Crippen LogP contribution < -0.4 is 0 Å². The van der Waals surface area contributed by atoms with Crippen molar-refractivity contribution in [3.8, 4) is 33.6 Å². The summed E-state index contributed by atoms with van der Waals surface area (Å²) < 4.78 is 0. The molecule has 1 heterocycles. The summed E-state index contributed by atoms with van der Waals surface area (Å²) in [6.07, 6.45) is 0. The fourth-order valence-electron chi connectivity index (χ4n) is 4.42. The van der Waals surface area contributed by atoms with Crippen molar-refractivity contribution in [2.24, 2.45) is 0 Å². The zero-order chi connectivity index (χ0) is 18.0. The van der Waals surface area contributed by atoms with E-state index in [0.717, 1.165) is 11.4 Å². The number of aromatic nitrogens is 1. The lowest BCUT2D eigenvalue weighted by atomic mass is 9.98. The Morgan fingerprint density at radius 1 is 0.556 bits per heavy atom. The molecule has 1 nitrogen and oxygen atoms in total. The molecule has 0 unspecified atom stereocenters. The van der Waals surface area contributed by atoms with Gasteiger partial charge in [-0.15, -0.1) is 0 Å². The van der Waals surface area contributed by atoms with Gasteiger partial charge < -0.3 is 0 Å². The van der Waals surface area contributed by atoms with E-state index >= 15 is 0 Å². The molecule has 5 aromatic rings. The van der Waals surface area contributed by atoms with Crippen LogP contribution in [0.4, 0.5) is 0 Å². The Balaban J connectivity index is 1.61. The number of pyridine rings is 1. The Kier molecular flexibility index (Phi) is 2.87. The highest BCUT2D eigenvalue weighted by molar-refractivity contribution is 6.14. The lowest BCUT2D eigenvalue weighted by Gasteiger charge is -2.10. The minimum absolute atomic E-state index is 1.04. The van der Waals surface area contributed by atoms with Gasteiger partial charge in [-0.2, -0.15) is 0 Å². The first-order chi connectivity index (χ1) is 13.3. The van der Waals surface area contributed by atoms with E-state index in [0.29, 0.717) is 0 Å². The van der Waals surface area contributed by atoms with Gasteiger partial charge in [0.1, 0.15) is 0 Å². The van der Waals surface area contributed by atoms with Crippen LogP contribution in [0, 0.1) is 6.92 Å². The molecule has 27 heavy (non-hydrogen) atoms.